The Bertz CT molecular complexity index is 1250. The lowest BCUT2D eigenvalue weighted by Crippen LogP contribution is -2.17. The molecule has 4 rings (SSSR count). The largest absolute Gasteiger partial charge is 0.508 e. The predicted molar refractivity (Wildman–Crippen MR) is 123 cm³/mol. The average Bonchev–Trinajstić information content (AvgIpc) is 3.29. The normalized spacial score (nSPS) is 10.9. The number of carbonyl (C=O) groups is 1. The number of ether oxygens (including phenoxy) is 1. The number of nitrogens with one attached hydrogen (secondary N) is 2. The third kappa shape index (κ3) is 5.33. The molecule has 0 saturated heterocycles. The van der Waals surface area contributed by atoms with Crippen molar-refractivity contribution in [2.75, 3.05) is 0 Å². The van der Waals surface area contributed by atoms with Crippen molar-refractivity contribution in [3.05, 3.63) is 101 Å². The Morgan fingerprint density at radius 3 is 2.69 bits per heavy atom. The van der Waals surface area contributed by atoms with Gasteiger partial charge in [-0.1, -0.05) is 41.9 Å². The predicted octanol–water partition coefficient (Wildman–Crippen LogP) is 4.78. The summed E-state index contributed by atoms with van der Waals surface area (Å²) in [4.78, 5) is 12.3. The van der Waals surface area contributed by atoms with Gasteiger partial charge in [0, 0.05) is 16.1 Å². The standard InChI is InChI=1S/C24H19ClN4O3/c25-21-7-2-1-5-18(21)15-32-20-10-8-17(9-11-20)22-13-23(28-27-22)24(31)29-26-14-16-4-3-6-19(30)12-16/h1-14,30H,15H2,(H,27,28)(H,29,31). The molecule has 0 saturated carbocycles. The van der Waals surface area contributed by atoms with Crippen molar-refractivity contribution in [1.29, 1.82) is 0 Å². The number of aromatic nitrogens is 2. The second-order valence-electron chi connectivity index (χ2n) is 6.87. The molecular weight excluding hydrogens is 428 g/mol. The fourth-order valence-corrected chi connectivity index (χ4v) is 3.11. The molecule has 0 atom stereocenters. The van der Waals surface area contributed by atoms with Gasteiger partial charge in [0.15, 0.2) is 0 Å². The van der Waals surface area contributed by atoms with Crippen LogP contribution in [0.5, 0.6) is 11.5 Å². The van der Waals surface area contributed by atoms with Crippen LogP contribution in [0.25, 0.3) is 11.3 Å². The quantitative estimate of drug-likeness (QED) is 0.281. The molecule has 3 N–H and O–H groups in total. The van der Waals surface area contributed by atoms with Crippen LogP contribution in [0.3, 0.4) is 0 Å². The maximum absolute atomic E-state index is 12.3. The summed E-state index contributed by atoms with van der Waals surface area (Å²) in [5.41, 5.74) is 5.71. The number of halogens is 1. The molecular formula is C24H19ClN4O3. The summed E-state index contributed by atoms with van der Waals surface area (Å²) in [5, 5.41) is 20.9. The van der Waals surface area contributed by atoms with Gasteiger partial charge in [0.2, 0.25) is 0 Å². The minimum atomic E-state index is -0.431. The highest BCUT2D eigenvalue weighted by atomic mass is 35.5. The van der Waals surface area contributed by atoms with E-state index in [2.05, 4.69) is 20.7 Å². The molecule has 0 aliphatic heterocycles. The molecule has 0 aliphatic rings. The fourth-order valence-electron chi connectivity index (χ4n) is 2.92. The Kier molecular flexibility index (Phi) is 6.48. The Morgan fingerprint density at radius 1 is 1.09 bits per heavy atom. The van der Waals surface area contributed by atoms with Crippen LogP contribution in [0.15, 0.2) is 84.0 Å². The zero-order chi connectivity index (χ0) is 22.3. The number of aromatic amines is 1. The summed E-state index contributed by atoms with van der Waals surface area (Å²) in [6.45, 7) is 0.370. The maximum atomic E-state index is 12.3. The van der Waals surface area contributed by atoms with Crippen molar-refractivity contribution < 1.29 is 14.6 Å². The number of benzene rings is 3. The minimum Gasteiger partial charge on any atom is -0.508 e. The molecule has 4 aromatic rings. The smallest absolute Gasteiger partial charge is 0.289 e. The van der Waals surface area contributed by atoms with Gasteiger partial charge in [-0.05, 0) is 54.1 Å². The number of hydrogen-bond acceptors (Lipinski definition) is 5. The molecule has 1 aromatic heterocycles. The van der Waals surface area contributed by atoms with E-state index in [9.17, 15) is 9.90 Å². The number of carbonyl (C=O) groups excluding carboxylic acids is 1. The molecule has 0 unspecified atom stereocenters. The Labute approximate surface area is 189 Å². The zero-order valence-electron chi connectivity index (χ0n) is 16.8. The van der Waals surface area contributed by atoms with E-state index in [0.717, 1.165) is 11.1 Å². The van der Waals surface area contributed by atoms with Crippen LogP contribution in [-0.4, -0.2) is 27.4 Å². The first kappa shape index (κ1) is 21.1. The van der Waals surface area contributed by atoms with Crippen LogP contribution >= 0.6 is 11.6 Å². The third-order valence-electron chi connectivity index (χ3n) is 4.57. The molecule has 1 amide bonds. The van der Waals surface area contributed by atoms with Crippen molar-refractivity contribution in [2.45, 2.75) is 6.61 Å². The van der Waals surface area contributed by atoms with Gasteiger partial charge in [-0.15, -0.1) is 0 Å². The molecule has 0 radical (unpaired) electrons. The average molecular weight is 447 g/mol. The van der Waals surface area contributed by atoms with E-state index < -0.39 is 5.91 Å². The topological polar surface area (TPSA) is 99.6 Å². The summed E-state index contributed by atoms with van der Waals surface area (Å²) < 4.78 is 5.79. The number of rotatable bonds is 7. The van der Waals surface area contributed by atoms with Crippen molar-refractivity contribution in [1.82, 2.24) is 15.6 Å². The van der Waals surface area contributed by atoms with Gasteiger partial charge >= 0.3 is 0 Å². The van der Waals surface area contributed by atoms with Crippen molar-refractivity contribution in [2.24, 2.45) is 5.10 Å². The lowest BCUT2D eigenvalue weighted by Gasteiger charge is -2.08. The fraction of sp³-hybridized carbons (Fsp3) is 0.0417. The minimum absolute atomic E-state index is 0.124. The SMILES string of the molecule is O=C(NN=Cc1cccc(O)c1)c1cc(-c2ccc(OCc3ccccc3Cl)cc2)n[nH]1. The van der Waals surface area contributed by atoms with Crippen LogP contribution in [0.4, 0.5) is 0 Å². The Hall–Kier alpha value is -4.10. The van der Waals surface area contributed by atoms with E-state index in [1.54, 1.807) is 24.3 Å². The molecule has 32 heavy (non-hydrogen) atoms. The lowest BCUT2D eigenvalue weighted by atomic mass is 10.1. The number of phenolic OH excluding ortho intramolecular Hbond substituents is 1. The van der Waals surface area contributed by atoms with Gasteiger partial charge in [0.25, 0.3) is 5.91 Å². The van der Waals surface area contributed by atoms with Crippen molar-refractivity contribution in [3.63, 3.8) is 0 Å². The molecule has 1 heterocycles. The molecule has 0 aliphatic carbocycles. The Balaban J connectivity index is 1.35. The first-order chi connectivity index (χ1) is 15.6. The monoisotopic (exact) mass is 446 g/mol. The Morgan fingerprint density at radius 2 is 1.91 bits per heavy atom. The van der Waals surface area contributed by atoms with E-state index in [0.29, 0.717) is 28.6 Å². The summed E-state index contributed by atoms with van der Waals surface area (Å²) in [6.07, 6.45) is 1.44. The van der Waals surface area contributed by atoms with Crippen molar-refractivity contribution >= 4 is 23.7 Å². The summed E-state index contributed by atoms with van der Waals surface area (Å²) >= 11 is 6.15. The van der Waals surface area contributed by atoms with Crippen LogP contribution in [0, 0.1) is 0 Å². The zero-order valence-corrected chi connectivity index (χ0v) is 17.6. The van der Waals surface area contributed by atoms with Crippen molar-refractivity contribution in [3.8, 4) is 22.8 Å². The highest BCUT2D eigenvalue weighted by Crippen LogP contribution is 2.23. The number of H-pyrrole nitrogens is 1. The molecule has 8 heteroatoms. The van der Waals surface area contributed by atoms with Gasteiger partial charge in [-0.2, -0.15) is 10.2 Å². The highest BCUT2D eigenvalue weighted by Gasteiger charge is 2.11. The van der Waals surface area contributed by atoms with E-state index in [1.807, 2.05) is 48.5 Å². The van der Waals surface area contributed by atoms with E-state index >= 15 is 0 Å². The number of nitrogens with zero attached hydrogens (tertiary/aromatic N) is 2. The highest BCUT2D eigenvalue weighted by molar-refractivity contribution is 6.31. The number of aromatic hydroxyl groups is 1. The maximum Gasteiger partial charge on any atom is 0.289 e. The van der Waals surface area contributed by atoms with Gasteiger partial charge in [-0.3, -0.25) is 9.89 Å². The molecule has 7 nitrogen and oxygen atoms in total. The first-order valence-electron chi connectivity index (χ1n) is 9.73. The molecule has 3 aromatic carbocycles. The van der Waals surface area contributed by atoms with Gasteiger partial charge in [0.1, 0.15) is 23.8 Å². The van der Waals surface area contributed by atoms with Crippen LogP contribution in [0.2, 0.25) is 5.02 Å². The van der Waals surface area contributed by atoms with E-state index in [-0.39, 0.29) is 11.4 Å². The number of hydrazone groups is 1. The molecule has 0 fully saturated rings. The second-order valence-corrected chi connectivity index (χ2v) is 7.27. The van der Waals surface area contributed by atoms with Gasteiger partial charge in [0.05, 0.1) is 11.9 Å². The van der Waals surface area contributed by atoms with Gasteiger partial charge < -0.3 is 9.84 Å². The van der Waals surface area contributed by atoms with Crippen LogP contribution in [-0.2, 0) is 6.61 Å². The summed E-state index contributed by atoms with van der Waals surface area (Å²) in [5.74, 6) is 0.391. The molecule has 0 spiro atoms. The molecule has 0 bridgehead atoms. The third-order valence-corrected chi connectivity index (χ3v) is 4.94. The van der Waals surface area contributed by atoms with E-state index in [1.165, 1.54) is 12.3 Å². The van der Waals surface area contributed by atoms with Crippen LogP contribution in [0.1, 0.15) is 21.6 Å². The van der Waals surface area contributed by atoms with Crippen LogP contribution < -0.4 is 10.2 Å². The number of phenols is 1. The molecule has 160 valence electrons. The summed E-state index contributed by atoms with van der Waals surface area (Å²) in [7, 11) is 0. The van der Waals surface area contributed by atoms with Gasteiger partial charge in [-0.25, -0.2) is 5.43 Å². The first-order valence-corrected chi connectivity index (χ1v) is 10.1. The number of hydrogen-bond donors (Lipinski definition) is 3. The lowest BCUT2D eigenvalue weighted by molar-refractivity contribution is 0.0950. The number of amides is 1. The second kappa shape index (κ2) is 9.80. The van der Waals surface area contributed by atoms with E-state index in [4.69, 9.17) is 16.3 Å². The summed E-state index contributed by atoms with van der Waals surface area (Å²) in [6, 6.07) is 23.1.